The highest BCUT2D eigenvalue weighted by Crippen LogP contribution is 2.44. The van der Waals surface area contributed by atoms with E-state index in [1.807, 2.05) is 83.1 Å². The normalized spacial score (nSPS) is 21.1. The topological polar surface area (TPSA) is 276 Å². The van der Waals surface area contributed by atoms with Crippen LogP contribution in [0.5, 0.6) is 11.5 Å². The van der Waals surface area contributed by atoms with Crippen molar-refractivity contribution in [3.05, 3.63) is 164 Å². The van der Waals surface area contributed by atoms with Gasteiger partial charge in [0.15, 0.2) is 0 Å². The zero-order valence-electron chi connectivity index (χ0n) is 60.2. The molecule has 4 fully saturated rings. The van der Waals surface area contributed by atoms with E-state index in [0.29, 0.717) is 43.6 Å². The number of piperazine rings is 2. The van der Waals surface area contributed by atoms with Gasteiger partial charge in [-0.15, -0.1) is 11.3 Å². The number of nitrogens with one attached hydrogen (secondary N) is 6. The molecule has 0 bridgehead atoms. The van der Waals surface area contributed by atoms with Crippen LogP contribution < -0.4 is 35.6 Å². The number of benzene rings is 4. The molecule has 6 heterocycles. The molecule has 7 aromatic rings. The third-order valence-corrected chi connectivity index (χ3v) is 23.9. The predicted molar refractivity (Wildman–Crippen MR) is 406 cm³/mol. The maximum absolute atomic E-state index is 14.5. The third kappa shape index (κ3) is 18.4. The molecule has 3 aliphatic heterocycles. The molecule has 4 atom stereocenters. The molecule has 3 saturated heterocycles. The van der Waals surface area contributed by atoms with Crippen molar-refractivity contribution in [3.8, 4) is 11.5 Å². The molecule has 7 N–H and O–H groups in total. The van der Waals surface area contributed by atoms with Crippen LogP contribution in [0.1, 0.15) is 133 Å². The van der Waals surface area contributed by atoms with Crippen LogP contribution in [0.25, 0.3) is 16.6 Å². The fraction of sp³-hybridized carbons (Fsp3) is 0.494. The number of nitro benzene ring substituents is 1. The van der Waals surface area contributed by atoms with Crippen molar-refractivity contribution in [2.75, 3.05) is 101 Å². The average molecular weight is 1460 g/mol. The van der Waals surface area contributed by atoms with Gasteiger partial charge in [0, 0.05) is 119 Å². The van der Waals surface area contributed by atoms with Crippen LogP contribution >= 0.6 is 22.9 Å². The Kier molecular flexibility index (Phi) is 23.3. The summed E-state index contributed by atoms with van der Waals surface area (Å²) in [5.74, 6) is -0.798. The Morgan fingerprint density at radius 2 is 1.62 bits per heavy atom. The van der Waals surface area contributed by atoms with E-state index in [0.717, 1.165) is 149 Å². The number of rotatable bonds is 26. The number of nitrogens with zero attached hydrogens (tertiary/aromatic N) is 8. The van der Waals surface area contributed by atoms with Gasteiger partial charge in [0.25, 0.3) is 21.6 Å². The van der Waals surface area contributed by atoms with Crippen LogP contribution in [0, 0.1) is 33.8 Å². The Morgan fingerprint density at radius 3 is 2.33 bits per heavy atom. The van der Waals surface area contributed by atoms with Gasteiger partial charge in [0.2, 0.25) is 11.8 Å². The van der Waals surface area contributed by atoms with Crippen LogP contribution in [0.3, 0.4) is 0 Å². The predicted octanol–water partition coefficient (Wildman–Crippen LogP) is 12.0. The number of aryl methyl sites for hydroxylation is 1. The molecule has 26 heteroatoms. The first-order valence-electron chi connectivity index (χ1n) is 36.3. The number of allylic oxidation sites excluding steroid dienone is 1. The average Bonchev–Trinajstić information content (AvgIpc) is 1.78. The summed E-state index contributed by atoms with van der Waals surface area (Å²) in [6.07, 6.45) is 11.4. The van der Waals surface area contributed by atoms with Gasteiger partial charge >= 0.3 is 0 Å². The second-order valence-corrected chi connectivity index (χ2v) is 33.6. The number of carbonyl (C=O) groups excluding carboxylic acids is 3. The van der Waals surface area contributed by atoms with E-state index in [1.165, 1.54) is 46.4 Å². The van der Waals surface area contributed by atoms with Crippen molar-refractivity contribution in [2.45, 2.75) is 147 Å². The number of aromatic nitrogens is 3. The Hall–Kier alpha value is -8.01. The minimum atomic E-state index is -4.64. The molecule has 4 aromatic carbocycles. The second kappa shape index (κ2) is 32.2. The Morgan fingerprint density at radius 1 is 0.883 bits per heavy atom. The van der Waals surface area contributed by atoms with Gasteiger partial charge in [-0.2, -0.15) is 0 Å². The molecule has 1 unspecified atom stereocenters. The van der Waals surface area contributed by atoms with Gasteiger partial charge in [0.05, 0.1) is 44.9 Å². The van der Waals surface area contributed by atoms with Crippen molar-refractivity contribution >= 4 is 89.4 Å². The summed E-state index contributed by atoms with van der Waals surface area (Å²) in [6, 6.07) is 29.2. The summed E-state index contributed by atoms with van der Waals surface area (Å²) in [6.45, 7) is 24.4. The third-order valence-electron chi connectivity index (χ3n) is 21.4. The second-order valence-electron chi connectivity index (χ2n) is 30.6. The number of amides is 3. The van der Waals surface area contributed by atoms with Crippen LogP contribution in [0.2, 0.25) is 5.02 Å². The lowest BCUT2D eigenvalue weighted by Gasteiger charge is -2.42. The Balaban J connectivity index is 0.597. The number of pyridine rings is 1. The van der Waals surface area contributed by atoms with Crippen molar-refractivity contribution in [1.29, 1.82) is 0 Å². The number of aliphatic hydroxyl groups excluding tert-OH is 1. The summed E-state index contributed by atoms with van der Waals surface area (Å²) in [5, 5.41) is 39.4. The van der Waals surface area contributed by atoms with E-state index in [4.69, 9.17) is 16.3 Å². The molecule has 3 amide bonds. The highest BCUT2D eigenvalue weighted by atomic mass is 35.5. The van der Waals surface area contributed by atoms with Crippen molar-refractivity contribution in [3.63, 3.8) is 0 Å². The molecule has 1 saturated carbocycles. The number of aliphatic hydroxyl groups is 1. The maximum Gasteiger partial charge on any atom is 0.293 e. The summed E-state index contributed by atoms with van der Waals surface area (Å²) < 4.78 is 36.8. The van der Waals surface area contributed by atoms with E-state index < -0.39 is 60.7 Å². The number of anilines is 3. The number of hydrogen-bond acceptors (Lipinski definition) is 19. The number of carbonyl (C=O) groups is 3. The zero-order valence-corrected chi connectivity index (χ0v) is 62.6. The molecule has 0 spiro atoms. The van der Waals surface area contributed by atoms with Crippen molar-refractivity contribution in [1.82, 2.24) is 49.9 Å². The summed E-state index contributed by atoms with van der Waals surface area (Å²) in [7, 11) is -4.64. The summed E-state index contributed by atoms with van der Waals surface area (Å²) >= 11 is 7.74. The van der Waals surface area contributed by atoms with Crippen LogP contribution in [0.15, 0.2) is 132 Å². The number of ether oxygens (including phenoxy) is 1. The highest BCUT2D eigenvalue weighted by molar-refractivity contribution is 7.90. The lowest BCUT2D eigenvalue weighted by atomic mass is 9.72. The number of thiazole rings is 1. The fourth-order valence-corrected chi connectivity index (χ4v) is 17.3. The molecule has 23 nitrogen and oxygen atoms in total. The molecule has 550 valence electrons. The lowest BCUT2D eigenvalue weighted by molar-refractivity contribution is -0.384. The largest absolute Gasteiger partial charge is 0.455 e. The molecular weight excluding hydrogens is 1360 g/mol. The van der Waals surface area contributed by atoms with E-state index >= 15 is 0 Å². The van der Waals surface area contributed by atoms with Gasteiger partial charge < -0.3 is 50.8 Å². The molecule has 0 radical (unpaired) electrons. The number of aromatic amines is 1. The van der Waals surface area contributed by atoms with E-state index in [2.05, 4.69) is 86.5 Å². The minimum absolute atomic E-state index is 0.0488. The first-order chi connectivity index (χ1) is 49.2. The number of H-pyrrole nitrogens is 1. The van der Waals surface area contributed by atoms with Crippen LogP contribution in [-0.4, -0.2) is 180 Å². The molecule has 2 aliphatic carbocycles. The number of β-amino-alcohol motifs (C(OH)–C–C–N with tert-alkyl or cyclic N) is 1. The van der Waals surface area contributed by atoms with Crippen molar-refractivity contribution < 1.29 is 37.6 Å². The molecule has 12 rings (SSSR count). The van der Waals surface area contributed by atoms with Crippen LogP contribution in [-0.2, 0) is 25.3 Å². The molecule has 3 aromatic heterocycles. The first kappa shape index (κ1) is 74.7. The van der Waals surface area contributed by atoms with Gasteiger partial charge in [-0.25, -0.2) is 23.1 Å². The number of fused-ring (bicyclic) bond motifs is 1. The van der Waals surface area contributed by atoms with E-state index in [1.54, 1.807) is 40.9 Å². The summed E-state index contributed by atoms with van der Waals surface area (Å²) in [5.41, 5.74) is 7.37. The smallest absolute Gasteiger partial charge is 0.293 e. The molecule has 103 heavy (non-hydrogen) atoms. The highest BCUT2D eigenvalue weighted by Gasteiger charge is 2.46. The SMILES string of the molecule is Cc1ncsc1N[C@](C)(NC(=O)[C@@H]1C[C@@H](O)CN1C(=O)C(NCCCCN1CCN(C2CCC(CNc3ccc(S(=O)(=O)NC(=O)c4ccc(N5CCN(CC6=C(c7ccc(Cl)cc7)CC(C)(C)CC6)CC5)cc4Oc4cnc5[nH]ccc5c4)cc3[N+](=O)[O-])CC2)CC1)C(C)(C)C)c1ccccc1. The van der Waals surface area contributed by atoms with Gasteiger partial charge in [-0.1, -0.05) is 94.3 Å². The number of hydrogen-bond donors (Lipinski definition) is 7. The Labute approximate surface area is 613 Å². The number of unbranched alkanes of at least 4 members (excludes halogenated alkanes) is 1. The monoisotopic (exact) mass is 1460 g/mol. The van der Waals surface area contributed by atoms with E-state index in [-0.39, 0.29) is 53.1 Å². The first-order valence-corrected chi connectivity index (χ1v) is 39.0. The quantitative estimate of drug-likeness (QED) is 0.0115. The number of sulfonamides is 1. The minimum Gasteiger partial charge on any atom is -0.455 e. The zero-order chi connectivity index (χ0) is 72.8. The number of likely N-dealkylation sites (tertiary alicyclic amines) is 1. The fourth-order valence-electron chi connectivity index (χ4n) is 15.4. The standard InChI is InChI=1S/C77H99ClN14O9S2/c1-51-73(102-50-83-51)85-77(7,56-13-9-8-10-14-56)84-72(95)67-43-60(93)49-91(67)74(96)69(75(2,3)4)79-30-11-12-32-87-33-37-89(38-34-87)58-21-15-52(16-22-58)46-81-65-26-24-62(44-66(65)92(97)98)103(99,100)86-71(94)63-25-23-59(42-68(63)101-61-41-54-28-31-80-70(54)82-47-61)90-39-35-88(36-40-90)48-55-27-29-76(5,6)45-64(55)53-17-19-57(78)20-18-53/h8-10,13-14,17-20,23-26,28,31,41-42,44,47,50,52,58,60,67,69,79,81,85,93H,11-12,15-16,21-22,27,29-30,32-40,43,45-46,48-49H2,1-7H3,(H,80,82)(H,84,95)(H,86,94)/t52?,58?,60-,67+,69?,77+/m1/s1. The molecular formula is C77H99ClN14O9S2. The number of nitro groups is 1. The van der Waals surface area contributed by atoms with Crippen molar-refractivity contribution in [2.24, 2.45) is 16.7 Å². The Bertz CT molecular complexity index is 4290. The van der Waals surface area contributed by atoms with Gasteiger partial charge in [-0.05, 0) is 167 Å². The molecule has 5 aliphatic rings. The lowest BCUT2D eigenvalue weighted by Crippen LogP contribution is -2.59. The summed E-state index contributed by atoms with van der Waals surface area (Å²) in [4.78, 5) is 78.0. The maximum atomic E-state index is 14.5. The van der Waals surface area contributed by atoms with Crippen LogP contribution in [0.4, 0.5) is 22.1 Å². The van der Waals surface area contributed by atoms with Gasteiger partial charge in [0.1, 0.15) is 39.5 Å². The number of halogens is 1. The van der Waals surface area contributed by atoms with Gasteiger partial charge in [-0.3, -0.25) is 34.3 Å². The van der Waals surface area contributed by atoms with E-state index in [9.17, 15) is 38.0 Å².